The van der Waals surface area contributed by atoms with Gasteiger partial charge in [-0.15, -0.1) is 0 Å². The van der Waals surface area contributed by atoms with E-state index in [2.05, 4.69) is 20.0 Å². The second-order valence-electron chi connectivity index (χ2n) is 6.16. The third kappa shape index (κ3) is 2.49. The van der Waals surface area contributed by atoms with Crippen LogP contribution < -0.4 is 4.90 Å². The van der Waals surface area contributed by atoms with Crippen LogP contribution in [0.1, 0.15) is 0 Å². The molecule has 4 heterocycles. The Hall–Kier alpha value is -2.00. The van der Waals surface area contributed by atoms with Crippen LogP contribution in [-0.2, 0) is 17.1 Å². The van der Waals surface area contributed by atoms with Gasteiger partial charge >= 0.3 is 0 Å². The van der Waals surface area contributed by atoms with Gasteiger partial charge in [-0.1, -0.05) is 0 Å². The zero-order valence-electron chi connectivity index (χ0n) is 12.8. The van der Waals surface area contributed by atoms with E-state index in [1.165, 1.54) is 10.9 Å². The van der Waals surface area contributed by atoms with E-state index in [0.717, 1.165) is 18.9 Å². The van der Waals surface area contributed by atoms with Crippen LogP contribution in [0, 0.1) is 11.8 Å². The van der Waals surface area contributed by atoms with Gasteiger partial charge in [0.1, 0.15) is 10.7 Å². The van der Waals surface area contributed by atoms with Gasteiger partial charge in [0.05, 0.1) is 12.4 Å². The van der Waals surface area contributed by atoms with Gasteiger partial charge < -0.3 is 4.90 Å². The molecule has 2 aromatic heterocycles. The van der Waals surface area contributed by atoms with Gasteiger partial charge in [-0.3, -0.25) is 9.67 Å². The zero-order valence-corrected chi connectivity index (χ0v) is 13.6. The summed E-state index contributed by atoms with van der Waals surface area (Å²) in [6.07, 6.45) is 8.06. The van der Waals surface area contributed by atoms with Crippen molar-refractivity contribution in [2.45, 2.75) is 4.90 Å². The quantitative estimate of drug-likeness (QED) is 0.783. The standard InChI is InChI=1S/C14H18N6O2S/c1-18-10-13(4-17-18)23(21,22)20-8-11-6-19(7-12(11)9-20)14-5-15-2-3-16-14/h2-5,10-12H,6-9H2,1H3. The summed E-state index contributed by atoms with van der Waals surface area (Å²) in [5.41, 5.74) is 0. The number of rotatable bonds is 3. The minimum atomic E-state index is -3.44. The van der Waals surface area contributed by atoms with E-state index < -0.39 is 10.0 Å². The predicted octanol–water partition coefficient (Wildman–Crippen LogP) is -0.0330. The smallest absolute Gasteiger partial charge is 0.246 e. The minimum Gasteiger partial charge on any atom is -0.355 e. The molecule has 2 aromatic rings. The molecule has 0 spiro atoms. The summed E-state index contributed by atoms with van der Waals surface area (Å²) in [7, 11) is -1.72. The van der Waals surface area contributed by atoms with E-state index in [0.29, 0.717) is 24.9 Å². The van der Waals surface area contributed by atoms with Crippen LogP contribution in [0.25, 0.3) is 0 Å². The molecule has 23 heavy (non-hydrogen) atoms. The van der Waals surface area contributed by atoms with E-state index in [4.69, 9.17) is 0 Å². The van der Waals surface area contributed by atoms with E-state index in [1.807, 2.05) is 0 Å². The molecule has 0 bridgehead atoms. The molecule has 2 unspecified atom stereocenters. The summed E-state index contributed by atoms with van der Waals surface area (Å²) in [6, 6.07) is 0. The van der Waals surface area contributed by atoms with Crippen LogP contribution in [-0.4, -0.2) is 58.7 Å². The monoisotopic (exact) mass is 334 g/mol. The van der Waals surface area contributed by atoms with Crippen LogP contribution in [0.15, 0.2) is 35.9 Å². The molecular formula is C14H18N6O2S. The zero-order chi connectivity index (χ0) is 16.0. The summed E-state index contributed by atoms with van der Waals surface area (Å²) in [6.45, 7) is 2.75. The number of aromatic nitrogens is 4. The number of fused-ring (bicyclic) bond motifs is 1. The summed E-state index contributed by atoms with van der Waals surface area (Å²) in [5.74, 6) is 1.54. The molecular weight excluding hydrogens is 316 g/mol. The maximum atomic E-state index is 12.7. The van der Waals surface area contributed by atoms with Gasteiger partial charge in [0, 0.05) is 51.8 Å². The van der Waals surface area contributed by atoms with Crippen LogP contribution in [0.2, 0.25) is 0 Å². The molecule has 122 valence electrons. The number of anilines is 1. The molecule has 0 aliphatic carbocycles. The molecule has 2 aliphatic heterocycles. The lowest BCUT2D eigenvalue weighted by atomic mass is 10.0. The number of aryl methyl sites for hydroxylation is 1. The molecule has 2 aliphatic rings. The van der Waals surface area contributed by atoms with Crippen molar-refractivity contribution < 1.29 is 8.42 Å². The first-order valence-corrected chi connectivity index (χ1v) is 8.98. The van der Waals surface area contributed by atoms with Gasteiger partial charge in [0.2, 0.25) is 10.0 Å². The first-order valence-electron chi connectivity index (χ1n) is 7.54. The molecule has 0 saturated carbocycles. The van der Waals surface area contributed by atoms with E-state index in [-0.39, 0.29) is 4.90 Å². The largest absolute Gasteiger partial charge is 0.355 e. The van der Waals surface area contributed by atoms with Crippen LogP contribution in [0.4, 0.5) is 5.82 Å². The highest BCUT2D eigenvalue weighted by atomic mass is 32.2. The lowest BCUT2D eigenvalue weighted by molar-refractivity contribution is 0.453. The Morgan fingerprint density at radius 3 is 2.39 bits per heavy atom. The number of hydrogen-bond acceptors (Lipinski definition) is 6. The van der Waals surface area contributed by atoms with Gasteiger partial charge in [0.15, 0.2) is 0 Å². The molecule has 0 aromatic carbocycles. The number of nitrogens with zero attached hydrogens (tertiary/aromatic N) is 6. The fourth-order valence-electron chi connectivity index (χ4n) is 3.47. The second-order valence-corrected chi connectivity index (χ2v) is 8.10. The van der Waals surface area contributed by atoms with Crippen molar-refractivity contribution in [3.05, 3.63) is 31.0 Å². The van der Waals surface area contributed by atoms with Gasteiger partial charge in [-0.25, -0.2) is 13.4 Å². The average Bonchev–Trinajstić information content (AvgIpc) is 3.22. The maximum absolute atomic E-state index is 12.7. The Morgan fingerprint density at radius 2 is 1.83 bits per heavy atom. The summed E-state index contributed by atoms with van der Waals surface area (Å²) in [4.78, 5) is 10.9. The summed E-state index contributed by atoms with van der Waals surface area (Å²) < 4.78 is 28.4. The fraction of sp³-hybridized carbons (Fsp3) is 0.500. The predicted molar refractivity (Wildman–Crippen MR) is 83.2 cm³/mol. The molecule has 2 fully saturated rings. The first-order chi connectivity index (χ1) is 11.0. The Balaban J connectivity index is 1.48. The van der Waals surface area contributed by atoms with Gasteiger partial charge in [0.25, 0.3) is 0 Å². The van der Waals surface area contributed by atoms with Gasteiger partial charge in [-0.05, 0) is 11.8 Å². The second kappa shape index (κ2) is 5.27. The fourth-order valence-corrected chi connectivity index (χ4v) is 5.01. The van der Waals surface area contributed by atoms with E-state index >= 15 is 0 Å². The van der Waals surface area contributed by atoms with E-state index in [1.54, 1.807) is 36.1 Å². The number of sulfonamides is 1. The average molecular weight is 334 g/mol. The highest BCUT2D eigenvalue weighted by Gasteiger charge is 2.44. The van der Waals surface area contributed by atoms with Gasteiger partial charge in [-0.2, -0.15) is 9.40 Å². The summed E-state index contributed by atoms with van der Waals surface area (Å²) in [5, 5.41) is 3.97. The minimum absolute atomic E-state index is 0.269. The Morgan fingerprint density at radius 1 is 1.09 bits per heavy atom. The Kier molecular flexibility index (Phi) is 3.34. The molecule has 0 radical (unpaired) electrons. The van der Waals surface area contributed by atoms with Crippen LogP contribution >= 0.6 is 0 Å². The Bertz CT molecular complexity index is 792. The molecule has 0 N–H and O–H groups in total. The normalized spacial score (nSPS) is 25.0. The third-order valence-corrected chi connectivity index (χ3v) is 6.43. The summed E-state index contributed by atoms with van der Waals surface area (Å²) >= 11 is 0. The van der Waals surface area contributed by atoms with E-state index in [9.17, 15) is 8.42 Å². The van der Waals surface area contributed by atoms with Crippen LogP contribution in [0.3, 0.4) is 0 Å². The Labute approximate surface area is 134 Å². The van der Waals surface area contributed by atoms with Crippen molar-refractivity contribution in [3.63, 3.8) is 0 Å². The molecule has 2 saturated heterocycles. The van der Waals surface area contributed by atoms with Crippen molar-refractivity contribution in [3.8, 4) is 0 Å². The maximum Gasteiger partial charge on any atom is 0.246 e. The van der Waals surface area contributed by atoms with Crippen molar-refractivity contribution in [2.24, 2.45) is 18.9 Å². The topological polar surface area (TPSA) is 84.2 Å². The first kappa shape index (κ1) is 14.6. The molecule has 2 atom stereocenters. The molecule has 8 nitrogen and oxygen atoms in total. The van der Waals surface area contributed by atoms with Crippen molar-refractivity contribution in [2.75, 3.05) is 31.1 Å². The molecule has 0 amide bonds. The highest BCUT2D eigenvalue weighted by Crippen LogP contribution is 2.35. The lowest BCUT2D eigenvalue weighted by Gasteiger charge is -2.21. The highest BCUT2D eigenvalue weighted by molar-refractivity contribution is 7.89. The van der Waals surface area contributed by atoms with Crippen LogP contribution in [0.5, 0.6) is 0 Å². The molecule has 9 heteroatoms. The lowest BCUT2D eigenvalue weighted by Crippen LogP contribution is -2.33. The number of hydrogen-bond donors (Lipinski definition) is 0. The van der Waals surface area contributed by atoms with Crippen molar-refractivity contribution >= 4 is 15.8 Å². The van der Waals surface area contributed by atoms with Crippen molar-refractivity contribution in [1.29, 1.82) is 0 Å². The third-order valence-electron chi connectivity index (χ3n) is 4.65. The van der Waals surface area contributed by atoms with Crippen molar-refractivity contribution in [1.82, 2.24) is 24.1 Å². The molecule has 4 rings (SSSR count). The SMILES string of the molecule is Cn1cc(S(=O)(=O)N2CC3CN(c4cnccn4)CC3C2)cn1.